The third-order valence-corrected chi connectivity index (χ3v) is 2.79. The second kappa shape index (κ2) is 3.81. The van der Waals surface area contributed by atoms with Gasteiger partial charge in [-0.25, -0.2) is 0 Å². The molecule has 1 aromatic rings. The van der Waals surface area contributed by atoms with Crippen LogP contribution in [-0.4, -0.2) is 20.7 Å². The number of Topliss-reactive ketones (excluding diaryl/α,β-unsaturated/α-hetero) is 1. The van der Waals surface area contributed by atoms with Crippen LogP contribution in [0.3, 0.4) is 0 Å². The van der Waals surface area contributed by atoms with Crippen molar-refractivity contribution in [2.24, 2.45) is 0 Å². The molecular formula is C10H12N2O2S. The van der Waals surface area contributed by atoms with Crippen LogP contribution in [-0.2, 0) is 24.2 Å². The van der Waals surface area contributed by atoms with Gasteiger partial charge >= 0.3 is 0 Å². The van der Waals surface area contributed by atoms with E-state index in [9.17, 15) is 9.59 Å². The Labute approximate surface area is 93.1 Å². The molecule has 2 rings (SSSR count). The van der Waals surface area contributed by atoms with Crippen LogP contribution in [0.15, 0.2) is 0 Å². The smallest absolute Gasteiger partial charge is 0.236 e. The van der Waals surface area contributed by atoms with Crippen molar-refractivity contribution in [3.8, 4) is 0 Å². The van der Waals surface area contributed by atoms with Gasteiger partial charge in [-0.2, -0.15) is 5.10 Å². The average molecular weight is 224 g/mol. The predicted molar refractivity (Wildman–Crippen MR) is 58.2 cm³/mol. The summed E-state index contributed by atoms with van der Waals surface area (Å²) in [6.07, 6.45) is 2.80. The highest BCUT2D eigenvalue weighted by Gasteiger charge is 2.24. The van der Waals surface area contributed by atoms with E-state index >= 15 is 0 Å². The first kappa shape index (κ1) is 10.4. The predicted octanol–water partition coefficient (Wildman–Crippen LogP) is 1.03. The molecule has 0 amide bonds. The number of carbonyl (C=O) groups excluding carboxylic acids is 2. The summed E-state index contributed by atoms with van der Waals surface area (Å²) < 4.78 is 1.65. The van der Waals surface area contributed by atoms with Crippen LogP contribution in [0.5, 0.6) is 0 Å². The van der Waals surface area contributed by atoms with Gasteiger partial charge < -0.3 is 0 Å². The van der Waals surface area contributed by atoms with Crippen LogP contribution in [0.25, 0.3) is 0 Å². The maximum atomic E-state index is 11.2. The molecule has 0 fully saturated rings. The zero-order valence-corrected chi connectivity index (χ0v) is 9.38. The fourth-order valence-corrected chi connectivity index (χ4v) is 2.20. The minimum atomic E-state index is -0.310. The molecule has 1 aliphatic rings. The topological polar surface area (TPSA) is 52.0 Å². The molecule has 0 bridgehead atoms. The van der Waals surface area contributed by atoms with Gasteiger partial charge in [-0.3, -0.25) is 14.3 Å². The summed E-state index contributed by atoms with van der Waals surface area (Å²) in [4.78, 5) is 22.2. The molecule has 0 N–H and O–H groups in total. The highest BCUT2D eigenvalue weighted by atomic mass is 32.1. The molecule has 5 heteroatoms. The highest BCUT2D eigenvalue weighted by Crippen LogP contribution is 2.26. The van der Waals surface area contributed by atoms with Crippen molar-refractivity contribution in [1.82, 2.24) is 9.78 Å². The van der Waals surface area contributed by atoms with Crippen molar-refractivity contribution in [2.45, 2.75) is 32.7 Å². The maximum Gasteiger partial charge on any atom is 0.236 e. The Morgan fingerprint density at radius 2 is 2.20 bits per heavy atom. The lowest BCUT2D eigenvalue weighted by Crippen LogP contribution is -2.11. The first-order valence-corrected chi connectivity index (χ1v) is 5.35. The molecule has 0 unspecified atom stereocenters. The minimum Gasteiger partial charge on any atom is -0.298 e. The van der Waals surface area contributed by atoms with Gasteiger partial charge in [0.15, 0.2) is 5.78 Å². The summed E-state index contributed by atoms with van der Waals surface area (Å²) in [6.45, 7) is 1.77. The van der Waals surface area contributed by atoms with Crippen LogP contribution >= 0.6 is 12.6 Å². The molecule has 80 valence electrons. The Morgan fingerprint density at radius 3 is 2.80 bits per heavy atom. The van der Waals surface area contributed by atoms with Crippen LogP contribution in [0.4, 0.5) is 0 Å². The number of aromatic nitrogens is 2. The molecule has 0 spiro atoms. The lowest BCUT2D eigenvalue weighted by atomic mass is 10.2. The number of thiol groups is 1. The van der Waals surface area contributed by atoms with Crippen molar-refractivity contribution >= 4 is 23.5 Å². The third-order valence-electron chi connectivity index (χ3n) is 2.58. The van der Waals surface area contributed by atoms with Crippen LogP contribution in [0.1, 0.15) is 35.1 Å². The lowest BCUT2D eigenvalue weighted by Gasteiger charge is -2.01. The Kier molecular flexibility index (Phi) is 2.65. The zero-order chi connectivity index (χ0) is 11.0. The molecule has 0 aliphatic heterocycles. The first-order chi connectivity index (χ1) is 7.09. The number of ketones is 1. The van der Waals surface area contributed by atoms with Crippen molar-refractivity contribution in [1.29, 1.82) is 0 Å². The van der Waals surface area contributed by atoms with E-state index in [0.717, 1.165) is 30.5 Å². The van der Waals surface area contributed by atoms with Gasteiger partial charge in [-0.15, -0.1) is 0 Å². The van der Waals surface area contributed by atoms with Crippen molar-refractivity contribution in [3.05, 3.63) is 17.0 Å². The quantitative estimate of drug-likeness (QED) is 0.780. The van der Waals surface area contributed by atoms with Crippen LogP contribution in [0.2, 0.25) is 0 Å². The van der Waals surface area contributed by atoms with E-state index in [1.165, 1.54) is 6.92 Å². The third kappa shape index (κ3) is 1.84. The molecule has 0 saturated carbocycles. The second-order valence-corrected chi connectivity index (χ2v) is 4.20. The fraction of sp³-hybridized carbons (Fsp3) is 0.500. The molecule has 1 aromatic heterocycles. The van der Waals surface area contributed by atoms with E-state index in [1.54, 1.807) is 4.68 Å². The number of fused-ring (bicyclic) bond motifs is 1. The van der Waals surface area contributed by atoms with E-state index in [0.29, 0.717) is 5.69 Å². The molecule has 4 nitrogen and oxygen atoms in total. The number of carbonyl (C=O) groups is 2. The van der Waals surface area contributed by atoms with Gasteiger partial charge in [0.1, 0.15) is 5.69 Å². The second-order valence-electron chi connectivity index (χ2n) is 3.79. The summed E-state index contributed by atoms with van der Waals surface area (Å²) in [5, 5.41) is 3.83. The number of hydrogen-bond donors (Lipinski definition) is 1. The minimum absolute atomic E-state index is 0.0466. The summed E-state index contributed by atoms with van der Waals surface area (Å²) in [5.74, 6) is 0.0466. The van der Waals surface area contributed by atoms with Crippen molar-refractivity contribution in [2.75, 3.05) is 0 Å². The molecular weight excluding hydrogens is 212 g/mol. The summed E-state index contributed by atoms with van der Waals surface area (Å²) >= 11 is 3.79. The van der Waals surface area contributed by atoms with E-state index in [4.69, 9.17) is 0 Å². The molecule has 1 heterocycles. The lowest BCUT2D eigenvalue weighted by molar-refractivity contribution is -0.117. The van der Waals surface area contributed by atoms with Crippen LogP contribution in [0, 0.1) is 0 Å². The number of nitrogens with zero attached hydrogens (tertiary/aromatic N) is 2. The van der Waals surface area contributed by atoms with E-state index < -0.39 is 0 Å². The molecule has 15 heavy (non-hydrogen) atoms. The molecule has 0 saturated heterocycles. The molecule has 1 aliphatic carbocycles. The van der Waals surface area contributed by atoms with Gasteiger partial charge in [-0.1, -0.05) is 12.6 Å². The Bertz CT molecular complexity index is 437. The van der Waals surface area contributed by atoms with Crippen molar-refractivity contribution < 1.29 is 9.59 Å². The van der Waals surface area contributed by atoms with E-state index in [2.05, 4.69) is 17.7 Å². The largest absolute Gasteiger partial charge is 0.298 e. The Morgan fingerprint density at radius 1 is 1.47 bits per heavy atom. The van der Waals surface area contributed by atoms with E-state index in [-0.39, 0.29) is 17.4 Å². The van der Waals surface area contributed by atoms with Gasteiger partial charge in [0.25, 0.3) is 0 Å². The number of rotatable bonds is 3. The van der Waals surface area contributed by atoms with Crippen LogP contribution < -0.4 is 0 Å². The molecule has 0 radical (unpaired) electrons. The Balaban J connectivity index is 2.44. The van der Waals surface area contributed by atoms with Crippen molar-refractivity contribution in [3.63, 3.8) is 0 Å². The summed E-state index contributed by atoms with van der Waals surface area (Å²) in [6, 6.07) is 0. The highest BCUT2D eigenvalue weighted by molar-refractivity contribution is 7.97. The SMILES string of the molecule is CC(=O)Cn1nc(C(=O)S)c2c1CCC2. The summed E-state index contributed by atoms with van der Waals surface area (Å²) in [5.41, 5.74) is 2.44. The molecule has 0 aromatic carbocycles. The zero-order valence-electron chi connectivity index (χ0n) is 8.49. The van der Waals surface area contributed by atoms with E-state index in [1.807, 2.05) is 0 Å². The van der Waals surface area contributed by atoms with Gasteiger partial charge in [0.2, 0.25) is 5.12 Å². The standard InChI is InChI=1S/C10H12N2O2S/c1-6(13)5-12-8-4-2-3-7(8)9(11-12)10(14)15/h2-5H2,1H3,(H,14,15). The van der Waals surface area contributed by atoms with Gasteiger partial charge in [-0.05, 0) is 26.2 Å². The number of hydrogen-bond acceptors (Lipinski definition) is 3. The maximum absolute atomic E-state index is 11.2. The van der Waals surface area contributed by atoms with Gasteiger partial charge in [0.05, 0.1) is 6.54 Å². The first-order valence-electron chi connectivity index (χ1n) is 4.91. The van der Waals surface area contributed by atoms with Gasteiger partial charge in [0, 0.05) is 11.3 Å². The normalized spacial score (nSPS) is 14.0. The fourth-order valence-electron chi connectivity index (χ4n) is 2.02. The summed E-state index contributed by atoms with van der Waals surface area (Å²) in [7, 11) is 0. The molecule has 0 atom stereocenters. The average Bonchev–Trinajstić information content (AvgIpc) is 2.66. The monoisotopic (exact) mass is 224 g/mol. The Hall–Kier alpha value is -1.10.